The summed E-state index contributed by atoms with van der Waals surface area (Å²) in [6, 6.07) is 0. The molecule has 1 heteroatoms. The Morgan fingerprint density at radius 2 is 0.968 bits per heavy atom. The van der Waals surface area contributed by atoms with E-state index in [0.29, 0.717) is 21.7 Å². The van der Waals surface area contributed by atoms with Gasteiger partial charge in [0.05, 0.1) is 0 Å². The van der Waals surface area contributed by atoms with E-state index in [-0.39, 0.29) is 11.0 Å². The standard InChI is InChI=1S/C30H63N/c1-24(2)21-26(6,7)19-20-28(10,11)22-29(12,13)30(14,31)23-27(8,9)18-16-15-17-25(3,4)5/h24H,15-23,31H2,1-14H3. The van der Waals surface area contributed by atoms with Crippen LogP contribution >= 0.6 is 0 Å². The third-order valence-corrected chi connectivity index (χ3v) is 7.78. The molecule has 2 N–H and O–H groups in total. The van der Waals surface area contributed by atoms with Crippen molar-refractivity contribution in [2.45, 2.75) is 160 Å². The molecule has 0 aliphatic carbocycles. The molecule has 0 rings (SSSR count). The Kier molecular flexibility index (Phi) is 10.9. The second kappa shape index (κ2) is 10.9. The van der Waals surface area contributed by atoms with Crippen molar-refractivity contribution in [3.05, 3.63) is 0 Å². The van der Waals surface area contributed by atoms with Crippen molar-refractivity contribution in [2.24, 2.45) is 38.7 Å². The molecule has 0 spiro atoms. The van der Waals surface area contributed by atoms with Crippen LogP contribution in [0.4, 0.5) is 0 Å². The molecular weight excluding hydrogens is 374 g/mol. The molecule has 0 heterocycles. The predicted molar refractivity (Wildman–Crippen MR) is 144 cm³/mol. The smallest absolute Gasteiger partial charge is 0.0182 e. The number of nitrogens with two attached hydrogens (primary N) is 1. The number of hydrogen-bond acceptors (Lipinski definition) is 1. The van der Waals surface area contributed by atoms with Crippen LogP contribution in [0.1, 0.15) is 155 Å². The zero-order valence-electron chi connectivity index (χ0n) is 24.5. The van der Waals surface area contributed by atoms with Crippen molar-refractivity contribution in [3.63, 3.8) is 0 Å². The van der Waals surface area contributed by atoms with Crippen LogP contribution in [0.15, 0.2) is 0 Å². The molecule has 0 fully saturated rings. The molecule has 188 valence electrons. The van der Waals surface area contributed by atoms with Crippen LogP contribution in [0.2, 0.25) is 0 Å². The zero-order valence-corrected chi connectivity index (χ0v) is 24.5. The van der Waals surface area contributed by atoms with Crippen LogP contribution in [-0.2, 0) is 0 Å². The van der Waals surface area contributed by atoms with Gasteiger partial charge in [-0.1, -0.05) is 103 Å². The highest BCUT2D eigenvalue weighted by atomic mass is 14.8. The quantitative estimate of drug-likeness (QED) is 0.269. The lowest BCUT2D eigenvalue weighted by atomic mass is 9.59. The minimum absolute atomic E-state index is 0.112. The SMILES string of the molecule is CC(C)CC(C)(C)CCC(C)(C)CC(C)(C)C(C)(N)CC(C)(C)CCCCC(C)(C)C. The molecule has 31 heavy (non-hydrogen) atoms. The highest BCUT2D eigenvalue weighted by Gasteiger charge is 2.44. The van der Waals surface area contributed by atoms with Crippen LogP contribution in [0.5, 0.6) is 0 Å². The van der Waals surface area contributed by atoms with Crippen molar-refractivity contribution >= 4 is 0 Å². The van der Waals surface area contributed by atoms with Gasteiger partial charge in [-0.2, -0.15) is 0 Å². The van der Waals surface area contributed by atoms with Gasteiger partial charge in [-0.25, -0.2) is 0 Å². The van der Waals surface area contributed by atoms with Gasteiger partial charge < -0.3 is 5.73 Å². The van der Waals surface area contributed by atoms with E-state index in [4.69, 9.17) is 5.73 Å². The van der Waals surface area contributed by atoms with E-state index in [0.717, 1.165) is 12.3 Å². The molecule has 0 aliphatic rings. The summed E-state index contributed by atoms with van der Waals surface area (Å²) in [5.41, 5.74) is 8.54. The van der Waals surface area contributed by atoms with Gasteiger partial charge >= 0.3 is 0 Å². The second-order valence-electron chi connectivity index (χ2n) is 16.0. The Labute approximate surface area is 199 Å². The van der Waals surface area contributed by atoms with E-state index >= 15 is 0 Å². The average Bonchev–Trinajstić information content (AvgIpc) is 2.45. The Balaban J connectivity index is 4.96. The van der Waals surface area contributed by atoms with Gasteiger partial charge in [0.15, 0.2) is 0 Å². The summed E-state index contributed by atoms with van der Waals surface area (Å²) in [6.07, 6.45) is 11.4. The first-order valence-electron chi connectivity index (χ1n) is 13.3. The lowest BCUT2D eigenvalue weighted by Crippen LogP contribution is -2.54. The van der Waals surface area contributed by atoms with Gasteiger partial charge in [0.1, 0.15) is 0 Å². The lowest BCUT2D eigenvalue weighted by Gasteiger charge is -2.49. The second-order valence-corrected chi connectivity index (χ2v) is 16.0. The molecular formula is C30H63N. The Hall–Kier alpha value is -0.0400. The topological polar surface area (TPSA) is 26.0 Å². The Bertz CT molecular complexity index is 511. The minimum Gasteiger partial charge on any atom is -0.325 e. The molecule has 0 saturated heterocycles. The van der Waals surface area contributed by atoms with Gasteiger partial charge in [-0.3, -0.25) is 0 Å². The summed E-state index contributed by atoms with van der Waals surface area (Å²) in [7, 11) is 0. The summed E-state index contributed by atoms with van der Waals surface area (Å²) in [5.74, 6) is 0.771. The van der Waals surface area contributed by atoms with Gasteiger partial charge in [0, 0.05) is 5.54 Å². The predicted octanol–water partition coefficient (Wildman–Crippen LogP) is 10.0. The minimum atomic E-state index is -0.161. The third-order valence-electron chi connectivity index (χ3n) is 7.78. The lowest BCUT2D eigenvalue weighted by molar-refractivity contribution is 0.0546. The molecule has 0 aromatic heterocycles. The van der Waals surface area contributed by atoms with E-state index < -0.39 is 0 Å². The summed E-state index contributed by atoms with van der Waals surface area (Å²) in [5, 5.41) is 0. The van der Waals surface area contributed by atoms with Crippen LogP contribution < -0.4 is 5.73 Å². The van der Waals surface area contributed by atoms with Gasteiger partial charge in [-0.15, -0.1) is 0 Å². The van der Waals surface area contributed by atoms with Crippen LogP contribution in [0, 0.1) is 33.0 Å². The number of unbranched alkanes of at least 4 members (excludes halogenated alkanes) is 1. The van der Waals surface area contributed by atoms with Crippen molar-refractivity contribution < 1.29 is 0 Å². The molecule has 1 atom stereocenters. The highest BCUT2D eigenvalue weighted by Crippen LogP contribution is 2.48. The van der Waals surface area contributed by atoms with Crippen molar-refractivity contribution in [1.82, 2.24) is 0 Å². The first-order valence-corrected chi connectivity index (χ1v) is 13.3. The van der Waals surface area contributed by atoms with Gasteiger partial charge in [-0.05, 0) is 84.9 Å². The van der Waals surface area contributed by atoms with Gasteiger partial charge in [0.25, 0.3) is 0 Å². The van der Waals surface area contributed by atoms with E-state index in [1.807, 2.05) is 0 Å². The summed E-state index contributed by atoms with van der Waals surface area (Å²) in [6.45, 7) is 33.6. The van der Waals surface area contributed by atoms with E-state index in [2.05, 4.69) is 96.9 Å². The molecule has 0 amide bonds. The van der Waals surface area contributed by atoms with E-state index in [1.54, 1.807) is 0 Å². The molecule has 1 nitrogen and oxygen atoms in total. The number of rotatable bonds is 14. The molecule has 0 saturated carbocycles. The Morgan fingerprint density at radius 1 is 0.548 bits per heavy atom. The summed E-state index contributed by atoms with van der Waals surface area (Å²) < 4.78 is 0. The average molecular weight is 438 g/mol. The maximum absolute atomic E-state index is 7.11. The van der Waals surface area contributed by atoms with Gasteiger partial charge in [0.2, 0.25) is 0 Å². The highest BCUT2D eigenvalue weighted by molar-refractivity contribution is 4.99. The van der Waals surface area contributed by atoms with Crippen LogP contribution in [0.3, 0.4) is 0 Å². The normalized spacial score (nSPS) is 16.6. The zero-order chi connectivity index (χ0) is 24.9. The summed E-state index contributed by atoms with van der Waals surface area (Å²) in [4.78, 5) is 0. The number of hydrogen-bond donors (Lipinski definition) is 1. The molecule has 1 unspecified atom stereocenters. The van der Waals surface area contributed by atoms with E-state index in [9.17, 15) is 0 Å². The largest absolute Gasteiger partial charge is 0.325 e. The molecule has 0 radical (unpaired) electrons. The fourth-order valence-corrected chi connectivity index (χ4v) is 5.95. The first-order chi connectivity index (χ1) is 13.5. The first kappa shape index (κ1) is 31.0. The fraction of sp³-hybridized carbons (Fsp3) is 1.00. The molecule has 0 aliphatic heterocycles. The fourth-order valence-electron chi connectivity index (χ4n) is 5.95. The van der Waals surface area contributed by atoms with Crippen LogP contribution in [0.25, 0.3) is 0 Å². The molecule has 0 bridgehead atoms. The van der Waals surface area contributed by atoms with E-state index in [1.165, 1.54) is 51.4 Å². The maximum atomic E-state index is 7.11. The molecule has 0 aromatic rings. The molecule has 0 aromatic carbocycles. The van der Waals surface area contributed by atoms with Crippen LogP contribution in [-0.4, -0.2) is 5.54 Å². The van der Waals surface area contributed by atoms with Crippen molar-refractivity contribution in [1.29, 1.82) is 0 Å². The Morgan fingerprint density at radius 3 is 1.42 bits per heavy atom. The van der Waals surface area contributed by atoms with Crippen molar-refractivity contribution in [3.8, 4) is 0 Å². The summed E-state index contributed by atoms with van der Waals surface area (Å²) >= 11 is 0. The maximum Gasteiger partial charge on any atom is 0.0182 e. The third kappa shape index (κ3) is 13.3. The van der Waals surface area contributed by atoms with Crippen molar-refractivity contribution in [2.75, 3.05) is 0 Å². The monoisotopic (exact) mass is 437 g/mol.